The Bertz CT molecular complexity index is 803. The predicted octanol–water partition coefficient (Wildman–Crippen LogP) is 1.94. The summed E-state index contributed by atoms with van der Waals surface area (Å²) in [5, 5.41) is 4.77. The van der Waals surface area contributed by atoms with E-state index in [9.17, 15) is 14.4 Å². The van der Waals surface area contributed by atoms with E-state index in [1.165, 1.54) is 0 Å². The summed E-state index contributed by atoms with van der Waals surface area (Å²) in [6, 6.07) is 12.7. The predicted molar refractivity (Wildman–Crippen MR) is 99.2 cm³/mol. The van der Waals surface area contributed by atoms with E-state index in [0.29, 0.717) is 0 Å². The van der Waals surface area contributed by atoms with Crippen LogP contribution in [0.1, 0.15) is 25.8 Å². The molecule has 0 aliphatic carbocycles. The smallest absolute Gasteiger partial charge is 0.306 e. The lowest BCUT2D eigenvalue weighted by Gasteiger charge is -2.21. The molecule has 2 rings (SSSR count). The van der Waals surface area contributed by atoms with Gasteiger partial charge in [0.25, 0.3) is 0 Å². The van der Waals surface area contributed by atoms with Crippen molar-refractivity contribution in [3.8, 4) is 0 Å². The fourth-order valence-electron chi connectivity index (χ4n) is 2.85. The van der Waals surface area contributed by atoms with E-state index in [1.807, 2.05) is 42.5 Å². The standard InChI is InChI=1S/C20H24N2O4/c1-3-26-18(24)10-13(2)19(20(21)25)22-17(23)12-14-8-9-15-6-4-5-7-16(15)11-14/h4-9,11,13,19H,3,10,12H2,1-2H3,(H2,21,25)(H,22,23)/t13-,19+/m0/s1. The van der Waals surface area contributed by atoms with E-state index < -0.39 is 23.8 Å². The minimum absolute atomic E-state index is 0.0116. The molecule has 0 aromatic heterocycles. The average molecular weight is 356 g/mol. The van der Waals surface area contributed by atoms with Crippen LogP contribution in [0.2, 0.25) is 0 Å². The molecule has 138 valence electrons. The third-order valence-corrected chi connectivity index (χ3v) is 4.16. The van der Waals surface area contributed by atoms with Crippen LogP contribution >= 0.6 is 0 Å². The number of nitrogens with two attached hydrogens (primary N) is 1. The summed E-state index contributed by atoms with van der Waals surface area (Å²) < 4.78 is 4.88. The van der Waals surface area contributed by atoms with Gasteiger partial charge in [0.2, 0.25) is 11.8 Å². The summed E-state index contributed by atoms with van der Waals surface area (Å²) in [6.45, 7) is 3.66. The van der Waals surface area contributed by atoms with Crippen molar-refractivity contribution in [3.05, 3.63) is 48.0 Å². The van der Waals surface area contributed by atoms with Crippen molar-refractivity contribution in [2.45, 2.75) is 32.7 Å². The number of carbonyl (C=O) groups excluding carboxylic acids is 3. The number of hydrogen-bond acceptors (Lipinski definition) is 4. The van der Waals surface area contributed by atoms with Crippen molar-refractivity contribution in [2.24, 2.45) is 11.7 Å². The van der Waals surface area contributed by atoms with Crippen LogP contribution in [0.5, 0.6) is 0 Å². The zero-order chi connectivity index (χ0) is 19.1. The first kappa shape index (κ1) is 19.4. The molecule has 6 heteroatoms. The van der Waals surface area contributed by atoms with Gasteiger partial charge >= 0.3 is 5.97 Å². The van der Waals surface area contributed by atoms with Gasteiger partial charge in [0.05, 0.1) is 19.4 Å². The molecule has 0 radical (unpaired) electrons. The summed E-state index contributed by atoms with van der Waals surface area (Å²) >= 11 is 0. The molecule has 0 saturated heterocycles. The van der Waals surface area contributed by atoms with Crippen LogP contribution in [0.3, 0.4) is 0 Å². The largest absolute Gasteiger partial charge is 0.466 e. The maximum Gasteiger partial charge on any atom is 0.306 e. The molecule has 2 amide bonds. The maximum atomic E-state index is 12.3. The lowest BCUT2D eigenvalue weighted by atomic mass is 9.97. The number of primary amides is 1. The molecule has 0 aliphatic heterocycles. The Hall–Kier alpha value is -2.89. The van der Waals surface area contributed by atoms with Crippen LogP contribution in [-0.2, 0) is 25.5 Å². The van der Waals surface area contributed by atoms with Gasteiger partial charge in [-0.05, 0) is 29.2 Å². The Morgan fingerprint density at radius 1 is 1.12 bits per heavy atom. The maximum absolute atomic E-state index is 12.3. The van der Waals surface area contributed by atoms with Crippen molar-refractivity contribution < 1.29 is 19.1 Å². The first-order valence-electron chi connectivity index (χ1n) is 8.62. The minimum atomic E-state index is -0.924. The second-order valence-corrected chi connectivity index (χ2v) is 6.29. The highest BCUT2D eigenvalue weighted by atomic mass is 16.5. The van der Waals surface area contributed by atoms with Crippen LogP contribution in [0.15, 0.2) is 42.5 Å². The number of carbonyl (C=O) groups is 3. The number of amides is 2. The average Bonchev–Trinajstić information content (AvgIpc) is 2.59. The van der Waals surface area contributed by atoms with E-state index in [1.54, 1.807) is 13.8 Å². The highest BCUT2D eigenvalue weighted by molar-refractivity contribution is 5.89. The fourth-order valence-corrected chi connectivity index (χ4v) is 2.85. The molecule has 2 aromatic carbocycles. The Labute approximate surface area is 152 Å². The van der Waals surface area contributed by atoms with Crippen LogP contribution in [0.25, 0.3) is 10.8 Å². The summed E-state index contributed by atoms with van der Waals surface area (Å²) in [7, 11) is 0. The minimum Gasteiger partial charge on any atom is -0.466 e. The lowest BCUT2D eigenvalue weighted by molar-refractivity contribution is -0.144. The molecule has 2 atom stereocenters. The SMILES string of the molecule is CCOC(=O)C[C@H](C)[C@@H](NC(=O)Cc1ccc2ccccc2c1)C(N)=O. The zero-order valence-electron chi connectivity index (χ0n) is 15.0. The van der Waals surface area contributed by atoms with Gasteiger partial charge < -0.3 is 15.8 Å². The van der Waals surface area contributed by atoms with Crippen LogP contribution in [0, 0.1) is 5.92 Å². The lowest BCUT2D eigenvalue weighted by Crippen LogP contribution is -2.49. The van der Waals surface area contributed by atoms with E-state index in [0.717, 1.165) is 16.3 Å². The van der Waals surface area contributed by atoms with E-state index >= 15 is 0 Å². The van der Waals surface area contributed by atoms with Gasteiger partial charge in [-0.25, -0.2) is 0 Å². The molecule has 0 spiro atoms. The van der Waals surface area contributed by atoms with Gasteiger partial charge in [-0.15, -0.1) is 0 Å². The monoisotopic (exact) mass is 356 g/mol. The summed E-state index contributed by atoms with van der Waals surface area (Å²) in [6.07, 6.45) is 0.137. The Morgan fingerprint density at radius 3 is 2.46 bits per heavy atom. The Balaban J connectivity index is 2.02. The molecule has 0 heterocycles. The summed E-state index contributed by atoms with van der Waals surface area (Å²) in [5.41, 5.74) is 6.23. The number of fused-ring (bicyclic) bond motifs is 1. The van der Waals surface area contributed by atoms with Crippen molar-refractivity contribution in [1.82, 2.24) is 5.32 Å². The first-order valence-corrected chi connectivity index (χ1v) is 8.62. The number of nitrogens with one attached hydrogen (secondary N) is 1. The zero-order valence-corrected chi connectivity index (χ0v) is 15.0. The molecule has 3 N–H and O–H groups in total. The van der Waals surface area contributed by atoms with E-state index in [4.69, 9.17) is 10.5 Å². The molecular formula is C20H24N2O4. The van der Waals surface area contributed by atoms with Gasteiger partial charge in [-0.3, -0.25) is 14.4 Å². The van der Waals surface area contributed by atoms with Gasteiger partial charge in [0.1, 0.15) is 6.04 Å². The number of rotatable bonds is 8. The van der Waals surface area contributed by atoms with Crippen molar-refractivity contribution in [2.75, 3.05) is 6.61 Å². The highest BCUT2D eigenvalue weighted by Crippen LogP contribution is 2.16. The molecule has 0 fully saturated rings. The number of hydrogen-bond donors (Lipinski definition) is 2. The summed E-state index contributed by atoms with van der Waals surface area (Å²) in [4.78, 5) is 35.6. The normalized spacial score (nSPS) is 13.0. The quantitative estimate of drug-likeness (QED) is 0.706. The van der Waals surface area contributed by atoms with Gasteiger partial charge in [0.15, 0.2) is 0 Å². The second-order valence-electron chi connectivity index (χ2n) is 6.29. The number of benzene rings is 2. The van der Waals surface area contributed by atoms with E-state index in [-0.39, 0.29) is 25.4 Å². The topological polar surface area (TPSA) is 98.5 Å². The third-order valence-electron chi connectivity index (χ3n) is 4.16. The van der Waals surface area contributed by atoms with Crippen molar-refractivity contribution in [3.63, 3.8) is 0 Å². The Kier molecular flexibility index (Phi) is 6.72. The summed E-state index contributed by atoms with van der Waals surface area (Å²) in [5.74, 6) is -1.87. The van der Waals surface area contributed by atoms with Crippen LogP contribution in [0.4, 0.5) is 0 Å². The molecule has 0 bridgehead atoms. The fraction of sp³-hybridized carbons (Fsp3) is 0.350. The molecule has 0 unspecified atom stereocenters. The van der Waals surface area contributed by atoms with Gasteiger partial charge in [0, 0.05) is 0 Å². The molecule has 6 nitrogen and oxygen atoms in total. The van der Waals surface area contributed by atoms with Gasteiger partial charge in [-0.2, -0.15) is 0 Å². The van der Waals surface area contributed by atoms with Gasteiger partial charge in [-0.1, -0.05) is 49.4 Å². The molecule has 2 aromatic rings. The third kappa shape index (κ3) is 5.31. The first-order chi connectivity index (χ1) is 12.4. The van der Waals surface area contributed by atoms with Crippen LogP contribution < -0.4 is 11.1 Å². The highest BCUT2D eigenvalue weighted by Gasteiger charge is 2.27. The second kappa shape index (κ2) is 8.99. The van der Waals surface area contributed by atoms with Crippen molar-refractivity contribution in [1.29, 1.82) is 0 Å². The molecule has 0 aliphatic rings. The number of ether oxygens (including phenoxy) is 1. The molecule has 0 saturated carbocycles. The Morgan fingerprint density at radius 2 is 1.81 bits per heavy atom. The molecule has 26 heavy (non-hydrogen) atoms. The van der Waals surface area contributed by atoms with Crippen LogP contribution in [-0.4, -0.2) is 30.4 Å². The van der Waals surface area contributed by atoms with Crippen molar-refractivity contribution >= 4 is 28.6 Å². The van der Waals surface area contributed by atoms with E-state index in [2.05, 4.69) is 5.32 Å². The number of esters is 1. The molecular weight excluding hydrogens is 332 g/mol.